The second-order valence-electron chi connectivity index (χ2n) is 5.42. The van der Waals surface area contributed by atoms with Gasteiger partial charge >= 0.3 is 0 Å². The van der Waals surface area contributed by atoms with Gasteiger partial charge in [-0.05, 0) is 18.8 Å². The predicted molar refractivity (Wildman–Crippen MR) is 69.7 cm³/mol. The number of nitrogens with one attached hydrogen (secondary N) is 1. The Morgan fingerprint density at radius 3 is 2.53 bits per heavy atom. The van der Waals surface area contributed by atoms with Crippen molar-refractivity contribution in [3.05, 3.63) is 0 Å². The average molecular weight is 241 g/mol. The van der Waals surface area contributed by atoms with Crippen molar-refractivity contribution in [3.63, 3.8) is 0 Å². The molecule has 17 heavy (non-hydrogen) atoms. The molecule has 1 fully saturated rings. The Labute approximate surface area is 105 Å². The number of amides is 1. The van der Waals surface area contributed by atoms with E-state index >= 15 is 0 Å². The van der Waals surface area contributed by atoms with E-state index in [1.54, 1.807) is 7.05 Å². The molecular formula is C14H27NO2. The van der Waals surface area contributed by atoms with Crippen LogP contribution in [0.25, 0.3) is 0 Å². The van der Waals surface area contributed by atoms with Gasteiger partial charge in [-0.25, -0.2) is 0 Å². The highest BCUT2D eigenvalue weighted by atomic mass is 16.3. The van der Waals surface area contributed by atoms with E-state index in [2.05, 4.69) is 12.2 Å². The first-order valence-corrected chi connectivity index (χ1v) is 7.07. The summed E-state index contributed by atoms with van der Waals surface area (Å²) in [4.78, 5) is 11.9. The van der Waals surface area contributed by atoms with Crippen LogP contribution in [0.1, 0.15) is 64.7 Å². The van der Waals surface area contributed by atoms with Crippen LogP contribution in [0.3, 0.4) is 0 Å². The highest BCUT2D eigenvalue weighted by Gasteiger charge is 2.37. The quantitative estimate of drug-likeness (QED) is 0.751. The van der Waals surface area contributed by atoms with Gasteiger partial charge in [0.05, 0.1) is 0 Å². The predicted octanol–water partition coefficient (Wildman–Crippen LogP) is 2.62. The van der Waals surface area contributed by atoms with Gasteiger partial charge in [0.1, 0.15) is 5.60 Å². The largest absolute Gasteiger partial charge is 0.380 e. The molecule has 0 saturated heterocycles. The van der Waals surface area contributed by atoms with Crippen LogP contribution in [-0.2, 0) is 4.79 Å². The summed E-state index contributed by atoms with van der Waals surface area (Å²) in [6.45, 7) is 2.09. The number of likely N-dealkylation sites (N-methyl/N-ethyl adjacent to an activating group) is 1. The summed E-state index contributed by atoms with van der Waals surface area (Å²) < 4.78 is 0. The highest BCUT2D eigenvalue weighted by Crippen LogP contribution is 2.33. The molecule has 0 heterocycles. The minimum Gasteiger partial charge on any atom is -0.380 e. The van der Waals surface area contributed by atoms with Gasteiger partial charge in [0.15, 0.2) is 0 Å². The molecule has 1 saturated carbocycles. The van der Waals surface area contributed by atoms with E-state index in [1.165, 1.54) is 32.1 Å². The van der Waals surface area contributed by atoms with Crippen molar-refractivity contribution in [2.45, 2.75) is 70.3 Å². The van der Waals surface area contributed by atoms with Crippen molar-refractivity contribution in [2.24, 2.45) is 5.92 Å². The first kappa shape index (κ1) is 14.5. The maximum Gasteiger partial charge on any atom is 0.251 e. The van der Waals surface area contributed by atoms with E-state index in [0.29, 0.717) is 18.8 Å². The molecule has 1 amide bonds. The number of hydrogen-bond acceptors (Lipinski definition) is 2. The van der Waals surface area contributed by atoms with Gasteiger partial charge in [0, 0.05) is 7.05 Å². The van der Waals surface area contributed by atoms with Crippen LogP contribution in [0.4, 0.5) is 0 Å². The number of carbonyl (C=O) groups excluding carboxylic acids is 1. The normalized spacial score (nSPS) is 20.9. The van der Waals surface area contributed by atoms with Crippen LogP contribution < -0.4 is 5.32 Å². The standard InChI is InChI=1S/C14H27NO2/c1-3-4-10-14(17,13(16)15-2)11-12-8-6-5-7-9-12/h12,17H,3-11H2,1-2H3,(H,15,16). The first-order chi connectivity index (χ1) is 8.12. The lowest BCUT2D eigenvalue weighted by Gasteiger charge is -2.32. The second-order valence-corrected chi connectivity index (χ2v) is 5.42. The molecule has 3 heteroatoms. The number of carbonyl (C=O) groups is 1. The maximum absolute atomic E-state index is 11.9. The third-order valence-corrected chi connectivity index (χ3v) is 3.94. The van der Waals surface area contributed by atoms with Gasteiger partial charge in [-0.1, -0.05) is 51.9 Å². The molecule has 2 N–H and O–H groups in total. The van der Waals surface area contributed by atoms with Crippen molar-refractivity contribution in [3.8, 4) is 0 Å². The van der Waals surface area contributed by atoms with Crippen LogP contribution in [0.2, 0.25) is 0 Å². The Hall–Kier alpha value is -0.570. The van der Waals surface area contributed by atoms with Gasteiger partial charge < -0.3 is 10.4 Å². The van der Waals surface area contributed by atoms with Crippen LogP contribution >= 0.6 is 0 Å². The lowest BCUT2D eigenvalue weighted by Crippen LogP contribution is -2.47. The van der Waals surface area contributed by atoms with Crippen LogP contribution in [0.15, 0.2) is 0 Å². The summed E-state index contributed by atoms with van der Waals surface area (Å²) in [6.07, 6.45) is 9.33. The van der Waals surface area contributed by atoms with Crippen molar-refractivity contribution >= 4 is 5.91 Å². The van der Waals surface area contributed by atoms with E-state index in [0.717, 1.165) is 12.8 Å². The maximum atomic E-state index is 11.9. The summed E-state index contributed by atoms with van der Waals surface area (Å²) in [5.41, 5.74) is -1.13. The fourth-order valence-electron chi connectivity index (χ4n) is 2.88. The fraction of sp³-hybridized carbons (Fsp3) is 0.929. The summed E-state index contributed by atoms with van der Waals surface area (Å²) in [7, 11) is 1.61. The van der Waals surface area contributed by atoms with Crippen molar-refractivity contribution in [2.75, 3.05) is 7.05 Å². The Kier molecular flexibility index (Phi) is 5.96. The lowest BCUT2D eigenvalue weighted by molar-refractivity contribution is -0.142. The second kappa shape index (κ2) is 7.00. The smallest absolute Gasteiger partial charge is 0.251 e. The minimum absolute atomic E-state index is 0.198. The molecule has 0 radical (unpaired) electrons. The van der Waals surface area contributed by atoms with E-state index < -0.39 is 5.60 Å². The zero-order valence-corrected chi connectivity index (χ0v) is 11.3. The van der Waals surface area contributed by atoms with Gasteiger partial charge in [-0.2, -0.15) is 0 Å². The SMILES string of the molecule is CCCCC(O)(CC1CCCCC1)C(=O)NC. The van der Waals surface area contributed by atoms with Gasteiger partial charge in [-0.15, -0.1) is 0 Å². The molecule has 0 aliphatic heterocycles. The number of unbranched alkanes of at least 4 members (excludes halogenated alkanes) is 1. The first-order valence-electron chi connectivity index (χ1n) is 7.07. The number of rotatable bonds is 6. The topological polar surface area (TPSA) is 49.3 Å². The molecule has 1 aliphatic carbocycles. The zero-order valence-electron chi connectivity index (χ0n) is 11.3. The number of hydrogen-bond donors (Lipinski definition) is 2. The third kappa shape index (κ3) is 4.30. The van der Waals surface area contributed by atoms with Gasteiger partial charge in [-0.3, -0.25) is 4.79 Å². The van der Waals surface area contributed by atoms with E-state index in [9.17, 15) is 9.90 Å². The molecule has 0 aromatic carbocycles. The van der Waals surface area contributed by atoms with Gasteiger partial charge in [0.2, 0.25) is 0 Å². The van der Waals surface area contributed by atoms with Crippen LogP contribution in [-0.4, -0.2) is 23.7 Å². The summed E-state index contributed by atoms with van der Waals surface area (Å²) in [5.74, 6) is 0.333. The highest BCUT2D eigenvalue weighted by molar-refractivity contribution is 5.84. The van der Waals surface area contributed by atoms with Gasteiger partial charge in [0.25, 0.3) is 5.91 Å². The molecule has 1 aliphatic rings. The molecule has 0 bridgehead atoms. The van der Waals surface area contributed by atoms with E-state index in [4.69, 9.17) is 0 Å². The van der Waals surface area contributed by atoms with Crippen molar-refractivity contribution < 1.29 is 9.90 Å². The Morgan fingerprint density at radius 1 is 1.35 bits per heavy atom. The Morgan fingerprint density at radius 2 is 2.00 bits per heavy atom. The molecule has 100 valence electrons. The number of aliphatic hydroxyl groups is 1. The molecule has 3 nitrogen and oxygen atoms in total. The molecule has 1 atom stereocenters. The van der Waals surface area contributed by atoms with Crippen molar-refractivity contribution in [1.82, 2.24) is 5.32 Å². The summed E-state index contributed by atoms with van der Waals surface area (Å²) in [5, 5.41) is 13.2. The van der Waals surface area contributed by atoms with Crippen LogP contribution in [0, 0.1) is 5.92 Å². The molecular weight excluding hydrogens is 214 g/mol. The fourth-order valence-corrected chi connectivity index (χ4v) is 2.88. The summed E-state index contributed by atoms with van der Waals surface area (Å²) in [6, 6.07) is 0. The molecule has 0 aromatic rings. The molecule has 0 spiro atoms. The monoisotopic (exact) mass is 241 g/mol. The zero-order chi connectivity index (χ0) is 12.7. The van der Waals surface area contributed by atoms with E-state index in [-0.39, 0.29) is 5.91 Å². The Bertz CT molecular complexity index is 236. The van der Waals surface area contributed by atoms with E-state index in [1.807, 2.05) is 0 Å². The molecule has 1 rings (SSSR count). The molecule has 1 unspecified atom stereocenters. The minimum atomic E-state index is -1.13. The summed E-state index contributed by atoms with van der Waals surface area (Å²) >= 11 is 0. The average Bonchev–Trinajstić information content (AvgIpc) is 2.36. The lowest BCUT2D eigenvalue weighted by atomic mass is 9.78. The third-order valence-electron chi connectivity index (χ3n) is 3.94. The van der Waals surface area contributed by atoms with Crippen molar-refractivity contribution in [1.29, 1.82) is 0 Å². The Balaban J connectivity index is 2.57. The molecule has 0 aromatic heterocycles. The van der Waals surface area contributed by atoms with Crippen LogP contribution in [0.5, 0.6) is 0 Å².